The van der Waals surface area contributed by atoms with Crippen molar-refractivity contribution in [3.8, 4) is 17.2 Å². The van der Waals surface area contributed by atoms with Gasteiger partial charge >= 0.3 is 0 Å². The highest BCUT2D eigenvalue weighted by atomic mass is 16.5. The zero-order valence-corrected chi connectivity index (χ0v) is 17.2. The molecule has 0 spiro atoms. The Morgan fingerprint density at radius 2 is 1.84 bits per heavy atom. The van der Waals surface area contributed by atoms with Gasteiger partial charge in [0.1, 0.15) is 18.1 Å². The number of fused-ring (bicyclic) bond motifs is 1. The number of aromatic hydroxyl groups is 1. The van der Waals surface area contributed by atoms with Crippen LogP contribution < -0.4 is 14.8 Å². The molecule has 2 aliphatic rings. The Morgan fingerprint density at radius 1 is 1.06 bits per heavy atom. The Hall–Kier alpha value is -3.81. The summed E-state index contributed by atoms with van der Waals surface area (Å²) in [5.41, 5.74) is 3.34. The quantitative estimate of drug-likeness (QED) is 0.670. The number of carbonyl (C=O) groups excluding carboxylic acids is 1. The number of Topliss-reactive ketones (excluding diaryl/α,β-unsaturated/α-hetero) is 1. The smallest absolute Gasteiger partial charge is 0.226 e. The van der Waals surface area contributed by atoms with Crippen LogP contribution in [-0.4, -0.2) is 39.9 Å². The van der Waals surface area contributed by atoms with Crippen LogP contribution in [0.15, 0.2) is 60.1 Å². The van der Waals surface area contributed by atoms with Crippen LogP contribution in [0.4, 0.5) is 5.95 Å². The summed E-state index contributed by atoms with van der Waals surface area (Å²) in [6, 6.07) is 12.5. The number of nitrogens with one attached hydrogen (secondary N) is 1. The molecular weight excluding hydrogens is 396 g/mol. The number of carbonyl (C=O) groups is 1. The molecule has 2 N–H and O–H groups in total. The van der Waals surface area contributed by atoms with Gasteiger partial charge in [0, 0.05) is 17.7 Å². The molecule has 3 aromatic rings. The van der Waals surface area contributed by atoms with E-state index in [0.29, 0.717) is 30.1 Å². The molecule has 31 heavy (non-hydrogen) atoms. The number of allylic oxidation sites excluding steroid dienone is 2. The van der Waals surface area contributed by atoms with E-state index in [0.717, 1.165) is 22.6 Å². The molecule has 0 bridgehead atoms. The zero-order chi connectivity index (χ0) is 21.5. The minimum atomic E-state index is -0.463. The van der Waals surface area contributed by atoms with E-state index in [2.05, 4.69) is 15.4 Å². The van der Waals surface area contributed by atoms with E-state index in [9.17, 15) is 9.90 Å². The Bertz CT molecular complexity index is 1180. The van der Waals surface area contributed by atoms with Crippen molar-refractivity contribution in [3.63, 3.8) is 0 Å². The summed E-state index contributed by atoms with van der Waals surface area (Å²) < 4.78 is 12.1. The first kappa shape index (κ1) is 19.2. The topological polar surface area (TPSA) is 98.5 Å². The first-order chi connectivity index (χ1) is 15.1. The van der Waals surface area contributed by atoms with Crippen molar-refractivity contribution in [2.45, 2.75) is 24.8 Å². The summed E-state index contributed by atoms with van der Waals surface area (Å²) in [6.45, 7) is 0. The molecule has 1 aliphatic heterocycles. The number of ether oxygens (including phenoxy) is 2. The maximum atomic E-state index is 13.4. The van der Waals surface area contributed by atoms with Crippen molar-refractivity contribution in [2.75, 3.05) is 19.5 Å². The fourth-order valence-corrected chi connectivity index (χ4v) is 4.45. The van der Waals surface area contributed by atoms with Crippen LogP contribution in [0.1, 0.15) is 35.9 Å². The van der Waals surface area contributed by atoms with Gasteiger partial charge in [-0.15, -0.1) is 0 Å². The third-order valence-electron chi connectivity index (χ3n) is 5.97. The van der Waals surface area contributed by atoms with Crippen molar-refractivity contribution < 1.29 is 19.4 Å². The number of aromatic nitrogens is 3. The first-order valence-corrected chi connectivity index (χ1v) is 10.0. The van der Waals surface area contributed by atoms with Crippen molar-refractivity contribution in [3.05, 3.63) is 71.2 Å². The van der Waals surface area contributed by atoms with Crippen LogP contribution >= 0.6 is 0 Å². The molecule has 158 valence electrons. The average Bonchev–Trinajstić information content (AvgIpc) is 3.25. The summed E-state index contributed by atoms with van der Waals surface area (Å²) in [6.07, 6.45) is 2.54. The van der Waals surface area contributed by atoms with E-state index in [1.165, 1.54) is 13.4 Å². The molecule has 0 saturated carbocycles. The SMILES string of the molecule is COc1ccc(C2CC(=O)C3=C(C2)Nc2ncnn2C3c2ccc(OC)c(O)c2)cc1. The van der Waals surface area contributed by atoms with Gasteiger partial charge in [0.25, 0.3) is 0 Å². The second kappa shape index (κ2) is 7.46. The highest BCUT2D eigenvalue weighted by Gasteiger charge is 2.39. The maximum Gasteiger partial charge on any atom is 0.226 e. The highest BCUT2D eigenvalue weighted by molar-refractivity contribution is 6.00. The second-order valence-electron chi connectivity index (χ2n) is 7.68. The molecule has 1 aromatic heterocycles. The number of methoxy groups -OCH3 is 2. The number of nitrogens with zero attached hydrogens (tertiary/aromatic N) is 3. The Morgan fingerprint density at radius 3 is 2.55 bits per heavy atom. The lowest BCUT2D eigenvalue weighted by molar-refractivity contribution is -0.116. The van der Waals surface area contributed by atoms with Gasteiger partial charge in [-0.1, -0.05) is 18.2 Å². The summed E-state index contributed by atoms with van der Waals surface area (Å²) in [7, 11) is 3.13. The standard InChI is InChI=1S/C23H22N4O4/c1-30-16-6-3-13(4-7-16)15-9-17-21(19(29)11-15)22(27-23(26-17)24-12-25-27)14-5-8-20(31-2)18(28)10-14/h3-8,10,12,15,22,28H,9,11H2,1-2H3,(H,24,25,26). The number of phenolic OH excluding ortho intramolecular Hbond substituents is 1. The van der Waals surface area contributed by atoms with Gasteiger partial charge in [-0.25, -0.2) is 4.68 Å². The third-order valence-corrected chi connectivity index (χ3v) is 5.97. The Kier molecular flexibility index (Phi) is 4.62. The molecule has 8 nitrogen and oxygen atoms in total. The summed E-state index contributed by atoms with van der Waals surface area (Å²) in [4.78, 5) is 17.7. The van der Waals surface area contributed by atoms with E-state index in [1.807, 2.05) is 30.3 Å². The van der Waals surface area contributed by atoms with Gasteiger partial charge in [-0.05, 0) is 47.7 Å². The Labute approximate surface area is 179 Å². The van der Waals surface area contributed by atoms with E-state index < -0.39 is 6.04 Å². The molecule has 2 heterocycles. The lowest BCUT2D eigenvalue weighted by Crippen LogP contribution is -2.33. The molecule has 1 aliphatic carbocycles. The van der Waals surface area contributed by atoms with Crippen LogP contribution in [0.5, 0.6) is 17.2 Å². The maximum absolute atomic E-state index is 13.4. The minimum absolute atomic E-state index is 0.0155. The number of benzene rings is 2. The molecular formula is C23H22N4O4. The van der Waals surface area contributed by atoms with E-state index in [-0.39, 0.29) is 17.5 Å². The molecule has 0 amide bonds. The van der Waals surface area contributed by atoms with Crippen LogP contribution in [-0.2, 0) is 4.79 Å². The van der Waals surface area contributed by atoms with Crippen molar-refractivity contribution in [1.82, 2.24) is 14.8 Å². The van der Waals surface area contributed by atoms with Crippen LogP contribution in [0.3, 0.4) is 0 Å². The second-order valence-corrected chi connectivity index (χ2v) is 7.68. The van der Waals surface area contributed by atoms with Gasteiger partial charge in [0.05, 0.1) is 14.2 Å². The predicted octanol–water partition coefficient (Wildman–Crippen LogP) is 3.42. The van der Waals surface area contributed by atoms with Gasteiger partial charge < -0.3 is 19.9 Å². The number of ketones is 1. The molecule has 8 heteroatoms. The Balaban J connectivity index is 1.56. The van der Waals surface area contributed by atoms with Crippen molar-refractivity contribution >= 4 is 11.7 Å². The molecule has 0 saturated heterocycles. The van der Waals surface area contributed by atoms with E-state index >= 15 is 0 Å². The monoisotopic (exact) mass is 418 g/mol. The summed E-state index contributed by atoms with van der Waals surface area (Å²) in [5, 5.41) is 18.0. The van der Waals surface area contributed by atoms with Gasteiger partial charge in [-0.2, -0.15) is 10.1 Å². The van der Waals surface area contributed by atoms with E-state index in [4.69, 9.17) is 9.47 Å². The fourth-order valence-electron chi connectivity index (χ4n) is 4.45. The number of anilines is 1. The largest absolute Gasteiger partial charge is 0.504 e. The first-order valence-electron chi connectivity index (χ1n) is 10.0. The number of rotatable bonds is 4. The molecule has 2 atom stereocenters. The number of hydrogen-bond acceptors (Lipinski definition) is 7. The van der Waals surface area contributed by atoms with Crippen molar-refractivity contribution in [2.24, 2.45) is 0 Å². The normalized spacial score (nSPS) is 20.0. The molecule has 0 fully saturated rings. The van der Waals surface area contributed by atoms with Gasteiger partial charge in [0.15, 0.2) is 17.3 Å². The number of phenols is 1. The van der Waals surface area contributed by atoms with E-state index in [1.54, 1.807) is 23.9 Å². The molecule has 2 aromatic carbocycles. The minimum Gasteiger partial charge on any atom is -0.504 e. The average molecular weight is 418 g/mol. The van der Waals surface area contributed by atoms with Crippen LogP contribution in [0.25, 0.3) is 0 Å². The fraction of sp³-hybridized carbons (Fsp3) is 0.261. The lowest BCUT2D eigenvalue weighted by atomic mass is 9.78. The van der Waals surface area contributed by atoms with Gasteiger partial charge in [-0.3, -0.25) is 4.79 Å². The van der Waals surface area contributed by atoms with Crippen LogP contribution in [0, 0.1) is 0 Å². The molecule has 5 rings (SSSR count). The summed E-state index contributed by atoms with van der Waals surface area (Å²) >= 11 is 0. The third kappa shape index (κ3) is 3.20. The molecule has 0 radical (unpaired) electrons. The van der Waals surface area contributed by atoms with Crippen molar-refractivity contribution in [1.29, 1.82) is 0 Å². The zero-order valence-electron chi connectivity index (χ0n) is 17.2. The summed E-state index contributed by atoms with van der Waals surface area (Å²) in [5.74, 6) is 1.86. The number of hydrogen-bond donors (Lipinski definition) is 2. The van der Waals surface area contributed by atoms with Crippen LogP contribution in [0.2, 0.25) is 0 Å². The predicted molar refractivity (Wildman–Crippen MR) is 113 cm³/mol. The van der Waals surface area contributed by atoms with Gasteiger partial charge in [0.2, 0.25) is 5.95 Å². The lowest BCUT2D eigenvalue weighted by Gasteiger charge is -2.35. The highest BCUT2D eigenvalue weighted by Crippen LogP contribution is 2.45. The molecule has 2 unspecified atom stereocenters.